The predicted molar refractivity (Wildman–Crippen MR) is 148 cm³/mol. The predicted octanol–water partition coefficient (Wildman–Crippen LogP) is 4.25. The number of aromatic nitrogens is 5. The lowest BCUT2D eigenvalue weighted by Gasteiger charge is -2.40. The summed E-state index contributed by atoms with van der Waals surface area (Å²) in [6, 6.07) is 16.3. The van der Waals surface area contributed by atoms with Gasteiger partial charge in [0.2, 0.25) is 0 Å². The minimum Gasteiger partial charge on any atom is -0.495 e. The van der Waals surface area contributed by atoms with Crippen molar-refractivity contribution in [2.75, 3.05) is 38.2 Å². The molecule has 2 aliphatic rings. The number of rotatable bonds is 6. The first-order chi connectivity index (χ1) is 18.6. The second-order valence-corrected chi connectivity index (χ2v) is 10.5. The van der Waals surface area contributed by atoms with E-state index in [4.69, 9.17) is 4.74 Å². The number of piperazine rings is 1. The van der Waals surface area contributed by atoms with Crippen molar-refractivity contribution in [3.8, 4) is 5.75 Å². The zero-order chi connectivity index (χ0) is 26.1. The lowest BCUT2D eigenvalue weighted by Crippen LogP contribution is -2.49. The molecular formula is C29H35N7O2. The van der Waals surface area contributed by atoms with Gasteiger partial charge in [-0.05, 0) is 65.4 Å². The number of tetrazole rings is 1. The van der Waals surface area contributed by atoms with Crippen LogP contribution in [0.25, 0.3) is 10.9 Å². The Hall–Kier alpha value is -3.72. The summed E-state index contributed by atoms with van der Waals surface area (Å²) >= 11 is 0. The van der Waals surface area contributed by atoms with Crippen LogP contribution < -0.4 is 15.2 Å². The van der Waals surface area contributed by atoms with E-state index in [0.29, 0.717) is 5.56 Å². The highest BCUT2D eigenvalue weighted by Gasteiger charge is 2.34. The fourth-order valence-electron chi connectivity index (χ4n) is 6.11. The third kappa shape index (κ3) is 4.67. The Morgan fingerprint density at radius 3 is 2.58 bits per heavy atom. The molecule has 1 atom stereocenters. The molecule has 0 bridgehead atoms. The maximum Gasteiger partial charge on any atom is 0.253 e. The highest BCUT2D eigenvalue weighted by molar-refractivity contribution is 5.79. The van der Waals surface area contributed by atoms with Gasteiger partial charge < -0.3 is 14.6 Å². The van der Waals surface area contributed by atoms with Crippen molar-refractivity contribution in [1.82, 2.24) is 30.1 Å². The molecule has 4 aromatic rings. The normalized spacial score (nSPS) is 18.1. The molecule has 0 radical (unpaired) electrons. The van der Waals surface area contributed by atoms with E-state index in [2.05, 4.69) is 48.5 Å². The molecule has 2 fully saturated rings. The third-order valence-electron chi connectivity index (χ3n) is 8.11. The maximum absolute atomic E-state index is 13.6. The summed E-state index contributed by atoms with van der Waals surface area (Å²) in [6.07, 6.45) is 5.76. The number of ether oxygens (including phenoxy) is 1. The van der Waals surface area contributed by atoms with E-state index in [9.17, 15) is 4.79 Å². The van der Waals surface area contributed by atoms with Crippen LogP contribution in [0.4, 0.5) is 5.69 Å². The van der Waals surface area contributed by atoms with E-state index in [1.807, 2.05) is 41.9 Å². The topological polar surface area (TPSA) is 92.2 Å². The number of nitrogens with one attached hydrogen (secondary N) is 1. The number of para-hydroxylation sites is 2. The molecule has 38 heavy (non-hydrogen) atoms. The van der Waals surface area contributed by atoms with Crippen molar-refractivity contribution in [3.05, 3.63) is 75.8 Å². The fourth-order valence-corrected chi connectivity index (χ4v) is 6.11. The zero-order valence-corrected chi connectivity index (χ0v) is 22.1. The van der Waals surface area contributed by atoms with Gasteiger partial charge in [-0.25, -0.2) is 4.68 Å². The molecule has 9 heteroatoms. The zero-order valence-electron chi connectivity index (χ0n) is 22.1. The van der Waals surface area contributed by atoms with E-state index >= 15 is 0 Å². The Morgan fingerprint density at radius 2 is 1.79 bits per heavy atom. The molecule has 2 aromatic heterocycles. The average Bonchev–Trinajstić information content (AvgIpc) is 3.44. The van der Waals surface area contributed by atoms with E-state index in [0.717, 1.165) is 72.7 Å². The second-order valence-electron chi connectivity index (χ2n) is 10.5. The van der Waals surface area contributed by atoms with Crippen LogP contribution in [-0.4, -0.2) is 63.4 Å². The number of anilines is 1. The van der Waals surface area contributed by atoms with Gasteiger partial charge in [0.15, 0.2) is 5.82 Å². The van der Waals surface area contributed by atoms with Crippen molar-refractivity contribution in [2.24, 2.45) is 0 Å². The molecule has 9 nitrogen and oxygen atoms in total. The van der Waals surface area contributed by atoms with Crippen LogP contribution in [0.5, 0.6) is 5.75 Å². The van der Waals surface area contributed by atoms with Gasteiger partial charge >= 0.3 is 0 Å². The van der Waals surface area contributed by atoms with Gasteiger partial charge in [-0.3, -0.25) is 9.69 Å². The number of hydrogen-bond acceptors (Lipinski definition) is 7. The molecule has 198 valence electrons. The van der Waals surface area contributed by atoms with E-state index in [1.54, 1.807) is 7.11 Å². The summed E-state index contributed by atoms with van der Waals surface area (Å²) in [5.41, 5.74) is 3.67. The summed E-state index contributed by atoms with van der Waals surface area (Å²) in [5, 5.41) is 14.2. The van der Waals surface area contributed by atoms with E-state index in [-0.39, 0.29) is 17.6 Å². The summed E-state index contributed by atoms with van der Waals surface area (Å²) < 4.78 is 7.63. The van der Waals surface area contributed by atoms with Crippen LogP contribution in [0.15, 0.2) is 53.3 Å². The molecule has 6 rings (SSSR count). The number of benzene rings is 2. The van der Waals surface area contributed by atoms with Crippen LogP contribution >= 0.6 is 0 Å². The summed E-state index contributed by atoms with van der Waals surface area (Å²) in [6.45, 7) is 5.20. The number of hydrogen-bond donors (Lipinski definition) is 1. The Balaban J connectivity index is 1.38. The van der Waals surface area contributed by atoms with Gasteiger partial charge in [-0.15, -0.1) is 5.10 Å². The second kappa shape index (κ2) is 10.6. The van der Waals surface area contributed by atoms with Gasteiger partial charge in [0.1, 0.15) is 11.8 Å². The molecule has 1 N–H and O–H groups in total. The number of fused-ring (bicyclic) bond motifs is 1. The average molecular weight is 514 g/mol. The molecular weight excluding hydrogens is 478 g/mol. The number of pyridine rings is 1. The molecule has 1 saturated heterocycles. The Labute approximate surface area is 222 Å². The van der Waals surface area contributed by atoms with Gasteiger partial charge in [0.05, 0.1) is 18.8 Å². The Morgan fingerprint density at radius 1 is 1.00 bits per heavy atom. The van der Waals surface area contributed by atoms with Gasteiger partial charge in [0.25, 0.3) is 5.56 Å². The van der Waals surface area contributed by atoms with Gasteiger partial charge in [0, 0.05) is 37.3 Å². The first-order valence-electron chi connectivity index (χ1n) is 13.7. The SMILES string of the molecule is COc1ccccc1N1CCN([C@H](c2cc3ccc(C)cc3[nH]c2=O)c2nnnn2C2CCCCC2)CC1. The fraction of sp³-hybridized carbons (Fsp3) is 0.448. The highest BCUT2D eigenvalue weighted by Crippen LogP contribution is 2.35. The van der Waals surface area contributed by atoms with Crippen LogP contribution in [0.2, 0.25) is 0 Å². The Bertz CT molecular complexity index is 1470. The molecule has 1 aliphatic heterocycles. The smallest absolute Gasteiger partial charge is 0.253 e. The first-order valence-corrected chi connectivity index (χ1v) is 13.7. The molecule has 0 spiro atoms. The first kappa shape index (κ1) is 24.6. The highest BCUT2D eigenvalue weighted by atomic mass is 16.5. The lowest BCUT2D eigenvalue weighted by molar-refractivity contribution is 0.192. The van der Waals surface area contributed by atoms with Crippen LogP contribution in [-0.2, 0) is 0 Å². The lowest BCUT2D eigenvalue weighted by atomic mass is 9.95. The summed E-state index contributed by atoms with van der Waals surface area (Å²) in [4.78, 5) is 21.4. The molecule has 1 saturated carbocycles. The van der Waals surface area contributed by atoms with Gasteiger partial charge in [-0.1, -0.05) is 43.5 Å². The van der Waals surface area contributed by atoms with Crippen molar-refractivity contribution in [2.45, 2.75) is 51.1 Å². The number of nitrogens with zero attached hydrogens (tertiary/aromatic N) is 6. The van der Waals surface area contributed by atoms with Gasteiger partial charge in [-0.2, -0.15) is 0 Å². The number of methoxy groups -OCH3 is 1. The van der Waals surface area contributed by atoms with E-state index in [1.165, 1.54) is 19.3 Å². The van der Waals surface area contributed by atoms with Crippen molar-refractivity contribution in [1.29, 1.82) is 0 Å². The number of aryl methyl sites for hydroxylation is 1. The molecule has 2 aromatic carbocycles. The molecule has 0 amide bonds. The monoisotopic (exact) mass is 513 g/mol. The minimum absolute atomic E-state index is 0.0848. The van der Waals surface area contributed by atoms with Crippen molar-refractivity contribution in [3.63, 3.8) is 0 Å². The van der Waals surface area contributed by atoms with Crippen LogP contribution in [0.1, 0.15) is 61.1 Å². The van der Waals surface area contributed by atoms with Crippen LogP contribution in [0.3, 0.4) is 0 Å². The molecule has 1 aliphatic carbocycles. The summed E-state index contributed by atoms with van der Waals surface area (Å²) in [7, 11) is 1.71. The molecule has 3 heterocycles. The molecule has 0 unspecified atom stereocenters. The standard InChI is InChI=1S/C29H35N7O2/c1-20-12-13-21-19-23(29(37)30-24(21)18-20)27(28-31-32-33-36(28)22-8-4-3-5-9-22)35-16-14-34(15-17-35)25-10-6-7-11-26(25)38-2/h6-7,10-13,18-19,22,27H,3-5,8-9,14-17H2,1-2H3,(H,30,37)/t27-/m1/s1. The maximum atomic E-state index is 13.6. The quantitative estimate of drug-likeness (QED) is 0.412. The minimum atomic E-state index is -0.332. The Kier molecular flexibility index (Phi) is 6.84. The third-order valence-corrected chi connectivity index (χ3v) is 8.11. The number of H-pyrrole nitrogens is 1. The van der Waals surface area contributed by atoms with Crippen LogP contribution in [0, 0.1) is 6.92 Å². The van der Waals surface area contributed by atoms with Crippen molar-refractivity contribution < 1.29 is 4.74 Å². The largest absolute Gasteiger partial charge is 0.495 e. The van der Waals surface area contributed by atoms with Crippen molar-refractivity contribution >= 4 is 16.6 Å². The summed E-state index contributed by atoms with van der Waals surface area (Å²) in [5.74, 6) is 1.64. The van der Waals surface area contributed by atoms with E-state index < -0.39 is 0 Å². The number of aromatic amines is 1.